The molecular weight excluding hydrogens is 250 g/mol. The number of fused-ring (bicyclic) bond motifs is 1. The molecule has 110 valence electrons. The number of benzene rings is 1. The van der Waals surface area contributed by atoms with Gasteiger partial charge in [-0.2, -0.15) is 0 Å². The molecule has 4 heteroatoms. The Morgan fingerprint density at radius 2 is 1.70 bits per heavy atom. The van der Waals surface area contributed by atoms with Gasteiger partial charge in [0.05, 0.1) is 6.10 Å². The molecular formula is C16H25N3O. The van der Waals surface area contributed by atoms with Crippen molar-refractivity contribution in [2.24, 2.45) is 0 Å². The van der Waals surface area contributed by atoms with Gasteiger partial charge in [-0.1, -0.05) is 24.3 Å². The van der Waals surface area contributed by atoms with Crippen molar-refractivity contribution >= 4 is 0 Å². The van der Waals surface area contributed by atoms with Crippen molar-refractivity contribution < 1.29 is 5.11 Å². The molecule has 0 bridgehead atoms. The van der Waals surface area contributed by atoms with Crippen molar-refractivity contribution in [1.82, 2.24) is 15.1 Å². The van der Waals surface area contributed by atoms with Crippen molar-refractivity contribution in [2.75, 3.05) is 45.8 Å². The lowest BCUT2D eigenvalue weighted by Gasteiger charge is -2.33. The molecule has 1 atom stereocenters. The van der Waals surface area contributed by atoms with Gasteiger partial charge >= 0.3 is 0 Å². The van der Waals surface area contributed by atoms with E-state index in [0.717, 1.165) is 58.8 Å². The summed E-state index contributed by atoms with van der Waals surface area (Å²) in [5.74, 6) is 0. The van der Waals surface area contributed by atoms with Gasteiger partial charge in [0, 0.05) is 52.4 Å². The van der Waals surface area contributed by atoms with E-state index in [1.807, 2.05) is 0 Å². The van der Waals surface area contributed by atoms with Gasteiger partial charge < -0.3 is 10.4 Å². The first kappa shape index (κ1) is 14.0. The second-order valence-corrected chi connectivity index (χ2v) is 5.96. The monoisotopic (exact) mass is 275 g/mol. The number of nitrogens with zero attached hydrogens (tertiary/aromatic N) is 2. The Hall–Kier alpha value is -0.940. The third-order valence-electron chi connectivity index (χ3n) is 4.36. The summed E-state index contributed by atoms with van der Waals surface area (Å²) < 4.78 is 0. The van der Waals surface area contributed by atoms with E-state index >= 15 is 0 Å². The third-order valence-corrected chi connectivity index (χ3v) is 4.36. The number of hydrogen-bond acceptors (Lipinski definition) is 4. The molecule has 4 nitrogen and oxygen atoms in total. The van der Waals surface area contributed by atoms with Crippen LogP contribution < -0.4 is 5.32 Å². The SMILES string of the molecule is OC(CN1CCNCC1)CN1CCc2ccccc2C1. The van der Waals surface area contributed by atoms with Crippen LogP contribution in [0.5, 0.6) is 0 Å². The highest BCUT2D eigenvalue weighted by atomic mass is 16.3. The molecule has 0 aliphatic carbocycles. The third kappa shape index (κ3) is 3.58. The highest BCUT2D eigenvalue weighted by Gasteiger charge is 2.20. The Morgan fingerprint density at radius 3 is 2.50 bits per heavy atom. The van der Waals surface area contributed by atoms with E-state index in [9.17, 15) is 5.11 Å². The lowest BCUT2D eigenvalue weighted by molar-refractivity contribution is 0.0652. The number of aliphatic hydroxyl groups is 1. The second-order valence-electron chi connectivity index (χ2n) is 5.96. The zero-order chi connectivity index (χ0) is 13.8. The summed E-state index contributed by atoms with van der Waals surface area (Å²) in [6.07, 6.45) is 0.870. The molecule has 1 unspecified atom stereocenters. The Kier molecular flexibility index (Phi) is 4.68. The van der Waals surface area contributed by atoms with Crippen molar-refractivity contribution in [1.29, 1.82) is 0 Å². The van der Waals surface area contributed by atoms with Crippen LogP contribution in [0.25, 0.3) is 0 Å². The van der Waals surface area contributed by atoms with Gasteiger partial charge in [-0.25, -0.2) is 0 Å². The highest BCUT2D eigenvalue weighted by molar-refractivity contribution is 5.29. The molecule has 20 heavy (non-hydrogen) atoms. The molecule has 0 saturated carbocycles. The maximum absolute atomic E-state index is 10.3. The maximum atomic E-state index is 10.3. The lowest BCUT2D eigenvalue weighted by atomic mass is 10.00. The Bertz CT molecular complexity index is 431. The summed E-state index contributed by atoms with van der Waals surface area (Å²) in [6, 6.07) is 8.67. The predicted molar refractivity (Wildman–Crippen MR) is 80.7 cm³/mol. The first-order valence-electron chi connectivity index (χ1n) is 7.71. The Labute approximate surface area is 121 Å². The fraction of sp³-hybridized carbons (Fsp3) is 0.625. The summed E-state index contributed by atoms with van der Waals surface area (Å²) in [4.78, 5) is 4.74. The fourth-order valence-corrected chi connectivity index (χ4v) is 3.26. The number of piperazine rings is 1. The van der Waals surface area contributed by atoms with Crippen LogP contribution in [-0.2, 0) is 13.0 Å². The van der Waals surface area contributed by atoms with Crippen molar-refractivity contribution in [2.45, 2.75) is 19.1 Å². The molecule has 3 rings (SSSR count). The first-order chi connectivity index (χ1) is 9.81. The van der Waals surface area contributed by atoms with Crippen molar-refractivity contribution in [3.05, 3.63) is 35.4 Å². The van der Waals surface area contributed by atoms with Crippen LogP contribution in [0.1, 0.15) is 11.1 Å². The number of rotatable bonds is 4. The summed E-state index contributed by atoms with van der Waals surface area (Å²) in [6.45, 7) is 7.84. The molecule has 0 radical (unpaired) electrons. The zero-order valence-corrected chi connectivity index (χ0v) is 12.1. The number of hydrogen-bond donors (Lipinski definition) is 2. The molecule has 2 heterocycles. The van der Waals surface area contributed by atoms with Crippen LogP contribution in [-0.4, -0.2) is 66.8 Å². The van der Waals surface area contributed by atoms with Gasteiger partial charge in [-0.05, 0) is 17.5 Å². The fourth-order valence-electron chi connectivity index (χ4n) is 3.26. The molecule has 1 fully saturated rings. The van der Waals surface area contributed by atoms with Crippen LogP contribution in [0.2, 0.25) is 0 Å². The van der Waals surface area contributed by atoms with E-state index in [-0.39, 0.29) is 6.10 Å². The molecule has 1 aromatic carbocycles. The molecule has 0 spiro atoms. The zero-order valence-electron chi connectivity index (χ0n) is 12.1. The molecule has 2 aliphatic heterocycles. The minimum atomic E-state index is -0.238. The van der Waals surface area contributed by atoms with E-state index in [2.05, 4.69) is 39.4 Å². The van der Waals surface area contributed by atoms with Gasteiger partial charge in [-0.15, -0.1) is 0 Å². The van der Waals surface area contributed by atoms with Crippen LogP contribution in [0.15, 0.2) is 24.3 Å². The standard InChI is InChI=1S/C16H25N3O/c20-16(12-18-9-6-17-7-10-18)13-19-8-5-14-3-1-2-4-15(14)11-19/h1-4,16-17,20H,5-13H2. The van der Waals surface area contributed by atoms with Gasteiger partial charge in [0.2, 0.25) is 0 Å². The second kappa shape index (κ2) is 6.68. The van der Waals surface area contributed by atoms with Crippen LogP contribution in [0.4, 0.5) is 0 Å². The van der Waals surface area contributed by atoms with E-state index in [1.54, 1.807) is 0 Å². The average molecular weight is 275 g/mol. The van der Waals surface area contributed by atoms with E-state index < -0.39 is 0 Å². The quantitative estimate of drug-likeness (QED) is 0.830. The van der Waals surface area contributed by atoms with Crippen molar-refractivity contribution in [3.63, 3.8) is 0 Å². The summed E-state index contributed by atoms with van der Waals surface area (Å²) >= 11 is 0. The van der Waals surface area contributed by atoms with Gasteiger partial charge in [-0.3, -0.25) is 9.80 Å². The smallest absolute Gasteiger partial charge is 0.0793 e. The number of β-amino-alcohol motifs (C(OH)–C–C–N with tert-alkyl or cyclic N) is 1. The van der Waals surface area contributed by atoms with E-state index in [1.165, 1.54) is 11.1 Å². The normalized spacial score (nSPS) is 22.4. The first-order valence-corrected chi connectivity index (χ1v) is 7.71. The van der Waals surface area contributed by atoms with E-state index in [0.29, 0.717) is 0 Å². The number of aliphatic hydroxyl groups excluding tert-OH is 1. The lowest BCUT2D eigenvalue weighted by Crippen LogP contribution is -2.48. The largest absolute Gasteiger partial charge is 0.390 e. The molecule has 0 aromatic heterocycles. The minimum absolute atomic E-state index is 0.238. The Balaban J connectivity index is 1.48. The molecule has 0 amide bonds. The minimum Gasteiger partial charge on any atom is -0.390 e. The van der Waals surface area contributed by atoms with Crippen molar-refractivity contribution in [3.8, 4) is 0 Å². The summed E-state index contributed by atoms with van der Waals surface area (Å²) in [5, 5.41) is 13.6. The predicted octanol–water partition coefficient (Wildman–Crippen LogP) is 0.311. The molecule has 2 aliphatic rings. The van der Waals surface area contributed by atoms with Gasteiger partial charge in [0.15, 0.2) is 0 Å². The van der Waals surface area contributed by atoms with Crippen LogP contribution >= 0.6 is 0 Å². The van der Waals surface area contributed by atoms with Crippen LogP contribution in [0, 0.1) is 0 Å². The van der Waals surface area contributed by atoms with E-state index in [4.69, 9.17) is 0 Å². The molecule has 1 saturated heterocycles. The average Bonchev–Trinajstić information content (AvgIpc) is 2.48. The van der Waals surface area contributed by atoms with Crippen LogP contribution in [0.3, 0.4) is 0 Å². The molecule has 2 N–H and O–H groups in total. The van der Waals surface area contributed by atoms with Gasteiger partial charge in [0.25, 0.3) is 0 Å². The maximum Gasteiger partial charge on any atom is 0.0793 e. The number of nitrogens with one attached hydrogen (secondary N) is 1. The summed E-state index contributed by atoms with van der Waals surface area (Å²) in [7, 11) is 0. The topological polar surface area (TPSA) is 38.7 Å². The van der Waals surface area contributed by atoms with Gasteiger partial charge in [0.1, 0.15) is 0 Å². The molecule has 1 aromatic rings. The highest BCUT2D eigenvalue weighted by Crippen LogP contribution is 2.18. The Morgan fingerprint density at radius 1 is 1.00 bits per heavy atom. The summed E-state index contributed by atoms with van der Waals surface area (Å²) in [5.41, 5.74) is 2.90.